The van der Waals surface area contributed by atoms with Gasteiger partial charge in [0.2, 0.25) is 0 Å². The zero-order valence-electron chi connectivity index (χ0n) is 9.57. The molecule has 0 spiro atoms. The first-order valence-electron chi connectivity index (χ1n) is 5.42. The van der Waals surface area contributed by atoms with Crippen molar-refractivity contribution in [2.45, 2.75) is 13.5 Å². The van der Waals surface area contributed by atoms with Crippen molar-refractivity contribution in [3.8, 4) is 5.75 Å². The van der Waals surface area contributed by atoms with E-state index in [0.717, 1.165) is 16.8 Å². The zero-order chi connectivity index (χ0) is 12.3. The smallest absolute Gasteiger partial charge is 0.125 e. The summed E-state index contributed by atoms with van der Waals surface area (Å²) in [7, 11) is 0. The van der Waals surface area contributed by atoms with Crippen LogP contribution in [0, 0.1) is 12.7 Å². The van der Waals surface area contributed by atoms with Crippen LogP contribution in [0.4, 0.5) is 10.1 Å². The Morgan fingerprint density at radius 2 is 1.82 bits per heavy atom. The van der Waals surface area contributed by atoms with Crippen LogP contribution in [0.25, 0.3) is 0 Å². The van der Waals surface area contributed by atoms with Crippen LogP contribution in [0.2, 0.25) is 0 Å². The summed E-state index contributed by atoms with van der Waals surface area (Å²) in [5.41, 5.74) is 2.68. The predicted octanol–water partition coefficient (Wildman–Crippen LogP) is 3.45. The molecule has 0 unspecified atom stereocenters. The van der Waals surface area contributed by atoms with Gasteiger partial charge < -0.3 is 10.4 Å². The number of hydrogen-bond donors (Lipinski definition) is 2. The molecule has 2 aromatic carbocycles. The van der Waals surface area contributed by atoms with E-state index in [1.807, 2.05) is 25.1 Å². The second-order valence-corrected chi connectivity index (χ2v) is 4.04. The van der Waals surface area contributed by atoms with Gasteiger partial charge >= 0.3 is 0 Å². The molecular weight excluding hydrogens is 217 g/mol. The number of rotatable bonds is 3. The Hall–Kier alpha value is -2.03. The summed E-state index contributed by atoms with van der Waals surface area (Å²) in [6.45, 7) is 2.46. The van der Waals surface area contributed by atoms with E-state index in [4.69, 9.17) is 5.11 Å². The number of benzene rings is 2. The molecule has 0 aliphatic heterocycles. The van der Waals surface area contributed by atoms with E-state index >= 15 is 0 Å². The average Bonchev–Trinajstić information content (AvgIpc) is 2.27. The van der Waals surface area contributed by atoms with E-state index in [0.29, 0.717) is 6.54 Å². The largest absolute Gasteiger partial charge is 0.508 e. The van der Waals surface area contributed by atoms with Crippen molar-refractivity contribution in [3.05, 3.63) is 59.4 Å². The minimum absolute atomic E-state index is 0.238. The van der Waals surface area contributed by atoms with E-state index in [2.05, 4.69) is 5.32 Å². The van der Waals surface area contributed by atoms with Crippen molar-refractivity contribution in [2.24, 2.45) is 0 Å². The van der Waals surface area contributed by atoms with Crippen LogP contribution in [0.5, 0.6) is 5.75 Å². The van der Waals surface area contributed by atoms with Crippen LogP contribution in [0.15, 0.2) is 42.5 Å². The molecule has 0 fully saturated rings. The first-order valence-corrected chi connectivity index (χ1v) is 5.42. The van der Waals surface area contributed by atoms with Crippen molar-refractivity contribution in [1.82, 2.24) is 0 Å². The molecule has 3 heteroatoms. The predicted molar refractivity (Wildman–Crippen MR) is 66.6 cm³/mol. The van der Waals surface area contributed by atoms with Crippen LogP contribution < -0.4 is 5.32 Å². The molecule has 0 amide bonds. The Kier molecular flexibility index (Phi) is 3.28. The number of aromatic hydroxyl groups is 1. The van der Waals surface area contributed by atoms with Gasteiger partial charge in [0.05, 0.1) is 0 Å². The van der Waals surface area contributed by atoms with Gasteiger partial charge in [-0.25, -0.2) is 4.39 Å². The van der Waals surface area contributed by atoms with E-state index in [-0.39, 0.29) is 11.6 Å². The van der Waals surface area contributed by atoms with Gasteiger partial charge in [-0.1, -0.05) is 12.1 Å². The quantitative estimate of drug-likeness (QED) is 0.848. The number of anilines is 1. The second-order valence-electron chi connectivity index (χ2n) is 4.04. The molecule has 0 aromatic heterocycles. The van der Waals surface area contributed by atoms with E-state index in [9.17, 15) is 4.39 Å². The molecule has 2 nitrogen and oxygen atoms in total. The summed E-state index contributed by atoms with van der Waals surface area (Å²) >= 11 is 0. The molecule has 0 radical (unpaired) electrons. The summed E-state index contributed by atoms with van der Waals surface area (Å²) in [5.74, 6) is 0.00792. The molecule has 2 rings (SSSR count). The number of hydrogen-bond acceptors (Lipinski definition) is 2. The molecule has 0 saturated carbocycles. The normalized spacial score (nSPS) is 10.2. The van der Waals surface area contributed by atoms with Crippen molar-refractivity contribution >= 4 is 5.69 Å². The van der Waals surface area contributed by atoms with Crippen LogP contribution in [-0.4, -0.2) is 5.11 Å². The van der Waals surface area contributed by atoms with Crippen molar-refractivity contribution in [3.63, 3.8) is 0 Å². The van der Waals surface area contributed by atoms with Gasteiger partial charge in [-0.3, -0.25) is 0 Å². The zero-order valence-corrected chi connectivity index (χ0v) is 9.57. The molecule has 0 saturated heterocycles. The molecule has 2 aromatic rings. The lowest BCUT2D eigenvalue weighted by atomic mass is 10.2. The lowest BCUT2D eigenvalue weighted by molar-refractivity contribution is 0.475. The lowest BCUT2D eigenvalue weighted by Gasteiger charge is -2.07. The lowest BCUT2D eigenvalue weighted by Crippen LogP contribution is -1.99. The number of phenolic OH excluding ortho intramolecular Hbond substituents is 1. The highest BCUT2D eigenvalue weighted by molar-refractivity contribution is 5.46. The van der Waals surface area contributed by atoms with Gasteiger partial charge in [-0.05, 0) is 48.4 Å². The first-order chi connectivity index (χ1) is 8.13. The number of nitrogens with one attached hydrogen (secondary N) is 1. The van der Waals surface area contributed by atoms with Gasteiger partial charge in [-0.2, -0.15) is 0 Å². The number of aryl methyl sites for hydroxylation is 1. The van der Waals surface area contributed by atoms with Crippen LogP contribution >= 0.6 is 0 Å². The molecule has 0 aliphatic rings. The van der Waals surface area contributed by atoms with Gasteiger partial charge in [0, 0.05) is 12.2 Å². The molecule has 2 N–H and O–H groups in total. The highest BCUT2D eigenvalue weighted by Gasteiger charge is 1.98. The van der Waals surface area contributed by atoms with Gasteiger partial charge in [0.25, 0.3) is 0 Å². The van der Waals surface area contributed by atoms with Gasteiger partial charge in [0.1, 0.15) is 11.6 Å². The monoisotopic (exact) mass is 231 g/mol. The Morgan fingerprint density at radius 3 is 2.47 bits per heavy atom. The third-order valence-electron chi connectivity index (χ3n) is 2.48. The maximum absolute atomic E-state index is 13.1. The SMILES string of the molecule is Cc1cc(F)cc(NCc2ccc(O)cc2)c1. The summed E-state index contributed by atoms with van der Waals surface area (Å²) in [5, 5.41) is 12.3. The molecule has 0 bridgehead atoms. The third kappa shape index (κ3) is 3.21. The minimum atomic E-state index is -0.238. The number of phenols is 1. The fraction of sp³-hybridized carbons (Fsp3) is 0.143. The summed E-state index contributed by atoms with van der Waals surface area (Å²) in [6.07, 6.45) is 0. The van der Waals surface area contributed by atoms with E-state index in [1.165, 1.54) is 12.1 Å². The van der Waals surface area contributed by atoms with Crippen molar-refractivity contribution in [1.29, 1.82) is 0 Å². The first kappa shape index (κ1) is 11.5. The van der Waals surface area contributed by atoms with E-state index < -0.39 is 0 Å². The van der Waals surface area contributed by atoms with E-state index in [1.54, 1.807) is 12.1 Å². The van der Waals surface area contributed by atoms with Gasteiger partial charge in [-0.15, -0.1) is 0 Å². The standard InChI is InChI=1S/C14H14FNO/c1-10-6-12(15)8-13(7-10)16-9-11-2-4-14(17)5-3-11/h2-8,16-17H,9H2,1H3. The minimum Gasteiger partial charge on any atom is -0.508 e. The number of halogens is 1. The van der Waals surface area contributed by atoms with Gasteiger partial charge in [0.15, 0.2) is 0 Å². The molecule has 0 heterocycles. The van der Waals surface area contributed by atoms with Crippen molar-refractivity contribution < 1.29 is 9.50 Å². The average molecular weight is 231 g/mol. The third-order valence-corrected chi connectivity index (χ3v) is 2.48. The Labute approximate surface area is 99.7 Å². The molecule has 88 valence electrons. The maximum Gasteiger partial charge on any atom is 0.125 e. The summed E-state index contributed by atoms with van der Waals surface area (Å²) < 4.78 is 13.1. The fourth-order valence-electron chi connectivity index (χ4n) is 1.66. The summed E-state index contributed by atoms with van der Waals surface area (Å²) in [4.78, 5) is 0. The maximum atomic E-state index is 13.1. The fourth-order valence-corrected chi connectivity index (χ4v) is 1.66. The van der Waals surface area contributed by atoms with Crippen LogP contribution in [0.1, 0.15) is 11.1 Å². The second kappa shape index (κ2) is 4.87. The molecule has 0 atom stereocenters. The van der Waals surface area contributed by atoms with Crippen LogP contribution in [-0.2, 0) is 6.54 Å². The Balaban J connectivity index is 2.04. The topological polar surface area (TPSA) is 32.3 Å². The molecule has 17 heavy (non-hydrogen) atoms. The Morgan fingerprint density at radius 1 is 1.12 bits per heavy atom. The van der Waals surface area contributed by atoms with Crippen molar-refractivity contribution in [2.75, 3.05) is 5.32 Å². The van der Waals surface area contributed by atoms with Crippen LogP contribution in [0.3, 0.4) is 0 Å². The highest BCUT2D eigenvalue weighted by atomic mass is 19.1. The molecular formula is C14H14FNO. The Bertz CT molecular complexity index is 488. The highest BCUT2D eigenvalue weighted by Crippen LogP contribution is 2.15. The molecule has 0 aliphatic carbocycles. The summed E-state index contributed by atoms with van der Waals surface area (Å²) in [6, 6.07) is 11.8.